The van der Waals surface area contributed by atoms with Crippen LogP contribution < -0.4 is 10.2 Å². The standard InChI is InChI=1S/C19H26F3N3O2/c1-18(2,3)17(27)23-8-7-16(26)25-11-9-24(10-12-25)15-6-4-5-14(13-15)19(20,21)22/h4-6,13H,7-12H2,1-3H3,(H,23,27). The number of benzene rings is 1. The van der Waals surface area contributed by atoms with Crippen LogP contribution in [0.2, 0.25) is 0 Å². The lowest BCUT2D eigenvalue weighted by atomic mass is 9.96. The monoisotopic (exact) mass is 385 g/mol. The lowest BCUT2D eigenvalue weighted by Crippen LogP contribution is -2.49. The van der Waals surface area contributed by atoms with E-state index in [1.807, 2.05) is 4.90 Å². The minimum Gasteiger partial charge on any atom is -0.368 e. The van der Waals surface area contributed by atoms with Gasteiger partial charge in [-0.05, 0) is 18.2 Å². The fourth-order valence-corrected chi connectivity index (χ4v) is 2.80. The lowest BCUT2D eigenvalue weighted by Gasteiger charge is -2.36. The molecule has 1 aromatic carbocycles. The number of anilines is 1. The van der Waals surface area contributed by atoms with E-state index < -0.39 is 17.2 Å². The Hall–Kier alpha value is -2.25. The Kier molecular flexibility index (Phi) is 6.38. The number of nitrogens with zero attached hydrogens (tertiary/aromatic N) is 2. The third-order valence-corrected chi connectivity index (χ3v) is 4.48. The maximum atomic E-state index is 12.9. The van der Waals surface area contributed by atoms with Crippen molar-refractivity contribution in [3.63, 3.8) is 0 Å². The minimum absolute atomic E-state index is 0.0621. The predicted molar refractivity (Wildman–Crippen MR) is 97.3 cm³/mol. The van der Waals surface area contributed by atoms with Crippen molar-refractivity contribution in [1.82, 2.24) is 10.2 Å². The van der Waals surface area contributed by atoms with E-state index in [9.17, 15) is 22.8 Å². The van der Waals surface area contributed by atoms with E-state index in [1.54, 1.807) is 31.7 Å². The molecule has 1 N–H and O–H groups in total. The molecule has 5 nitrogen and oxygen atoms in total. The molecule has 2 rings (SSSR count). The zero-order valence-electron chi connectivity index (χ0n) is 15.9. The number of hydrogen-bond acceptors (Lipinski definition) is 3. The summed E-state index contributed by atoms with van der Waals surface area (Å²) in [6.07, 6.45) is -4.16. The Morgan fingerprint density at radius 2 is 1.70 bits per heavy atom. The van der Waals surface area contributed by atoms with Gasteiger partial charge in [-0.1, -0.05) is 26.8 Å². The first kappa shape index (κ1) is 21.1. The van der Waals surface area contributed by atoms with Gasteiger partial charge in [-0.25, -0.2) is 0 Å². The van der Waals surface area contributed by atoms with E-state index in [-0.39, 0.29) is 24.8 Å². The van der Waals surface area contributed by atoms with Crippen LogP contribution in [0.15, 0.2) is 24.3 Å². The van der Waals surface area contributed by atoms with Gasteiger partial charge in [-0.3, -0.25) is 9.59 Å². The molecule has 1 aliphatic rings. The molecule has 0 aromatic heterocycles. The third-order valence-electron chi connectivity index (χ3n) is 4.48. The first-order valence-electron chi connectivity index (χ1n) is 8.97. The number of rotatable bonds is 4. The van der Waals surface area contributed by atoms with Crippen molar-refractivity contribution in [3.8, 4) is 0 Å². The average Bonchev–Trinajstić information content (AvgIpc) is 2.60. The molecule has 1 aromatic rings. The summed E-state index contributed by atoms with van der Waals surface area (Å²) in [5, 5.41) is 2.74. The number of carbonyl (C=O) groups excluding carboxylic acids is 2. The molecule has 0 atom stereocenters. The molecule has 8 heteroatoms. The second-order valence-corrected chi connectivity index (χ2v) is 7.67. The molecule has 0 aliphatic carbocycles. The van der Waals surface area contributed by atoms with Gasteiger partial charge in [0.25, 0.3) is 0 Å². The average molecular weight is 385 g/mol. The van der Waals surface area contributed by atoms with E-state index in [0.717, 1.165) is 12.1 Å². The van der Waals surface area contributed by atoms with E-state index in [4.69, 9.17) is 0 Å². The van der Waals surface area contributed by atoms with Crippen LogP contribution in [-0.2, 0) is 15.8 Å². The summed E-state index contributed by atoms with van der Waals surface area (Å²) < 4.78 is 38.6. The van der Waals surface area contributed by atoms with Gasteiger partial charge in [-0.2, -0.15) is 13.2 Å². The Labute approximate surface area is 157 Å². The van der Waals surface area contributed by atoms with Gasteiger partial charge in [0.1, 0.15) is 0 Å². The molecular formula is C19H26F3N3O2. The van der Waals surface area contributed by atoms with Crippen LogP contribution in [0.1, 0.15) is 32.8 Å². The molecule has 0 saturated carbocycles. The van der Waals surface area contributed by atoms with Gasteiger partial charge in [0.15, 0.2) is 0 Å². The molecular weight excluding hydrogens is 359 g/mol. The maximum Gasteiger partial charge on any atom is 0.416 e. The number of alkyl halides is 3. The van der Waals surface area contributed by atoms with Crippen LogP contribution in [0.4, 0.5) is 18.9 Å². The Bertz CT molecular complexity index is 676. The molecule has 1 saturated heterocycles. The summed E-state index contributed by atoms with van der Waals surface area (Å²) in [6.45, 7) is 7.53. The first-order valence-corrected chi connectivity index (χ1v) is 8.97. The van der Waals surface area contributed by atoms with Crippen LogP contribution in [0, 0.1) is 5.41 Å². The second kappa shape index (κ2) is 8.19. The molecule has 0 radical (unpaired) electrons. The molecule has 150 valence electrons. The number of hydrogen-bond donors (Lipinski definition) is 1. The maximum absolute atomic E-state index is 12.9. The topological polar surface area (TPSA) is 52.7 Å². The Morgan fingerprint density at radius 1 is 1.07 bits per heavy atom. The van der Waals surface area contributed by atoms with Crippen molar-refractivity contribution < 1.29 is 22.8 Å². The van der Waals surface area contributed by atoms with Crippen molar-refractivity contribution in [2.45, 2.75) is 33.4 Å². The largest absolute Gasteiger partial charge is 0.416 e. The molecule has 0 spiro atoms. The highest BCUT2D eigenvalue weighted by molar-refractivity contribution is 5.82. The van der Waals surface area contributed by atoms with Crippen LogP contribution >= 0.6 is 0 Å². The molecule has 1 aliphatic heterocycles. The van der Waals surface area contributed by atoms with E-state index >= 15 is 0 Å². The summed E-state index contributed by atoms with van der Waals surface area (Å²) in [7, 11) is 0. The lowest BCUT2D eigenvalue weighted by molar-refractivity contribution is -0.137. The summed E-state index contributed by atoms with van der Waals surface area (Å²) in [6, 6.07) is 5.23. The van der Waals surface area contributed by atoms with Gasteiger partial charge in [0.05, 0.1) is 5.56 Å². The van der Waals surface area contributed by atoms with E-state index in [0.29, 0.717) is 31.9 Å². The molecule has 1 heterocycles. The molecule has 0 bridgehead atoms. The van der Waals surface area contributed by atoms with Crippen LogP contribution in [0.3, 0.4) is 0 Å². The van der Waals surface area contributed by atoms with Crippen LogP contribution in [0.25, 0.3) is 0 Å². The van der Waals surface area contributed by atoms with Gasteiger partial charge in [0.2, 0.25) is 11.8 Å². The smallest absolute Gasteiger partial charge is 0.368 e. The first-order chi connectivity index (χ1) is 12.5. The number of halogens is 3. The quantitative estimate of drug-likeness (QED) is 0.867. The van der Waals surface area contributed by atoms with Crippen molar-refractivity contribution >= 4 is 17.5 Å². The van der Waals surface area contributed by atoms with Crippen molar-refractivity contribution in [1.29, 1.82) is 0 Å². The molecule has 0 unspecified atom stereocenters. The van der Waals surface area contributed by atoms with Crippen molar-refractivity contribution in [2.75, 3.05) is 37.6 Å². The third kappa shape index (κ3) is 5.87. The summed E-state index contributed by atoms with van der Waals surface area (Å²) in [4.78, 5) is 27.6. The molecule has 1 fully saturated rings. The summed E-state index contributed by atoms with van der Waals surface area (Å²) in [5.74, 6) is -0.169. The van der Waals surface area contributed by atoms with Crippen molar-refractivity contribution in [2.24, 2.45) is 5.41 Å². The highest BCUT2D eigenvalue weighted by Crippen LogP contribution is 2.31. The summed E-state index contributed by atoms with van der Waals surface area (Å²) >= 11 is 0. The van der Waals surface area contributed by atoms with Crippen LogP contribution in [0.5, 0.6) is 0 Å². The number of carbonyl (C=O) groups is 2. The number of nitrogens with one attached hydrogen (secondary N) is 1. The SMILES string of the molecule is CC(C)(C)C(=O)NCCC(=O)N1CCN(c2cccc(C(F)(F)F)c2)CC1. The second-order valence-electron chi connectivity index (χ2n) is 7.67. The fraction of sp³-hybridized carbons (Fsp3) is 0.579. The van der Waals surface area contributed by atoms with Gasteiger partial charge < -0.3 is 15.1 Å². The zero-order valence-corrected chi connectivity index (χ0v) is 15.9. The normalized spacial score (nSPS) is 15.6. The van der Waals surface area contributed by atoms with Gasteiger partial charge in [0, 0.05) is 50.2 Å². The zero-order chi connectivity index (χ0) is 20.2. The Morgan fingerprint density at radius 3 is 2.26 bits per heavy atom. The molecule has 27 heavy (non-hydrogen) atoms. The van der Waals surface area contributed by atoms with Crippen LogP contribution in [-0.4, -0.2) is 49.4 Å². The van der Waals surface area contributed by atoms with E-state index in [2.05, 4.69) is 5.32 Å². The fourth-order valence-electron chi connectivity index (χ4n) is 2.80. The minimum atomic E-state index is -4.37. The molecule has 2 amide bonds. The predicted octanol–water partition coefficient (Wildman–Crippen LogP) is 2.91. The number of amides is 2. The van der Waals surface area contributed by atoms with E-state index in [1.165, 1.54) is 6.07 Å². The number of piperazine rings is 1. The van der Waals surface area contributed by atoms with Gasteiger partial charge >= 0.3 is 6.18 Å². The highest BCUT2D eigenvalue weighted by atomic mass is 19.4. The Balaban J connectivity index is 1.83. The summed E-state index contributed by atoms with van der Waals surface area (Å²) in [5.41, 5.74) is -0.665. The van der Waals surface area contributed by atoms with Gasteiger partial charge in [-0.15, -0.1) is 0 Å². The van der Waals surface area contributed by atoms with Crippen molar-refractivity contribution in [3.05, 3.63) is 29.8 Å². The highest BCUT2D eigenvalue weighted by Gasteiger charge is 2.31.